The zero-order chi connectivity index (χ0) is 26.0. The van der Waals surface area contributed by atoms with Crippen molar-refractivity contribution in [1.29, 1.82) is 0 Å². The van der Waals surface area contributed by atoms with Crippen LogP contribution in [0.1, 0.15) is 50.1 Å². The van der Waals surface area contributed by atoms with Gasteiger partial charge < -0.3 is 25.5 Å². The molecule has 0 spiro atoms. The van der Waals surface area contributed by atoms with Gasteiger partial charge in [-0.2, -0.15) is 0 Å². The van der Waals surface area contributed by atoms with E-state index in [0.717, 1.165) is 33.4 Å². The molecule has 0 aromatic heterocycles. The van der Waals surface area contributed by atoms with E-state index in [4.69, 9.17) is 0 Å². The van der Waals surface area contributed by atoms with Gasteiger partial charge in [-0.25, -0.2) is 0 Å². The molecule has 5 N–H and O–H groups in total. The Morgan fingerprint density at radius 3 is 1.61 bits per heavy atom. The fourth-order valence-electron chi connectivity index (χ4n) is 4.71. The minimum atomic E-state index is -0.0183. The Bertz CT molecular complexity index is 1450. The van der Waals surface area contributed by atoms with Gasteiger partial charge in [-0.1, -0.05) is 49.1 Å². The van der Waals surface area contributed by atoms with Gasteiger partial charge in [-0.15, -0.1) is 0 Å². The molecule has 0 aliphatic heterocycles. The van der Waals surface area contributed by atoms with E-state index in [1.54, 1.807) is 18.2 Å². The van der Waals surface area contributed by atoms with Crippen LogP contribution < -0.4 is 0 Å². The highest BCUT2D eigenvalue weighted by Gasteiger charge is 2.14. The first-order valence-corrected chi connectivity index (χ1v) is 11.7. The van der Waals surface area contributed by atoms with Crippen LogP contribution in [-0.2, 0) is 19.3 Å². The molecule has 0 saturated heterocycles. The van der Waals surface area contributed by atoms with Crippen molar-refractivity contribution in [3.63, 3.8) is 0 Å². The molecule has 4 aromatic rings. The Labute approximate surface area is 210 Å². The lowest BCUT2D eigenvalue weighted by molar-refractivity contribution is 0.445. The molecule has 184 valence electrons. The molecule has 5 heteroatoms. The molecule has 0 aliphatic rings. The number of aromatic hydroxyl groups is 5. The molecular formula is C31H30O5. The predicted molar refractivity (Wildman–Crippen MR) is 142 cm³/mol. The quantitative estimate of drug-likeness (QED) is 0.214. The van der Waals surface area contributed by atoms with Crippen molar-refractivity contribution in [1.82, 2.24) is 0 Å². The molecule has 0 amide bonds. The highest BCUT2D eigenvalue weighted by Crippen LogP contribution is 2.32. The summed E-state index contributed by atoms with van der Waals surface area (Å²) in [5, 5.41) is 50.4. The van der Waals surface area contributed by atoms with Gasteiger partial charge in [0.1, 0.15) is 28.7 Å². The fraction of sp³-hybridized carbons (Fsp3) is 0.161. The van der Waals surface area contributed by atoms with E-state index < -0.39 is 0 Å². The summed E-state index contributed by atoms with van der Waals surface area (Å²) in [6.07, 6.45) is 3.26. The minimum absolute atomic E-state index is 0.0137. The van der Waals surface area contributed by atoms with Crippen molar-refractivity contribution < 1.29 is 25.5 Å². The van der Waals surface area contributed by atoms with E-state index >= 15 is 0 Å². The van der Waals surface area contributed by atoms with Crippen molar-refractivity contribution in [2.24, 2.45) is 0 Å². The molecule has 0 atom stereocenters. The second kappa shape index (κ2) is 10.1. The van der Waals surface area contributed by atoms with E-state index in [1.807, 2.05) is 32.1 Å². The molecule has 4 aromatic carbocycles. The summed E-state index contributed by atoms with van der Waals surface area (Å²) in [4.78, 5) is 0. The predicted octanol–water partition coefficient (Wildman–Crippen LogP) is 6.25. The van der Waals surface area contributed by atoms with Crippen molar-refractivity contribution in [2.45, 2.75) is 33.1 Å². The maximum atomic E-state index is 10.7. The van der Waals surface area contributed by atoms with Crippen molar-refractivity contribution in [3.8, 4) is 28.7 Å². The first-order chi connectivity index (χ1) is 17.1. The number of phenols is 5. The summed E-state index contributed by atoms with van der Waals surface area (Å²) in [6, 6.07) is 17.2. The lowest BCUT2D eigenvalue weighted by Gasteiger charge is -2.16. The van der Waals surface area contributed by atoms with E-state index in [-0.39, 0.29) is 28.7 Å². The van der Waals surface area contributed by atoms with Gasteiger partial charge >= 0.3 is 0 Å². The summed E-state index contributed by atoms with van der Waals surface area (Å²) in [6.45, 7) is 7.84. The third-order valence-electron chi connectivity index (χ3n) is 6.48. The molecule has 0 aliphatic carbocycles. The minimum Gasteiger partial charge on any atom is -0.508 e. The molecule has 0 radical (unpaired) electrons. The summed E-state index contributed by atoms with van der Waals surface area (Å²) in [7, 11) is 0. The maximum absolute atomic E-state index is 10.7. The van der Waals surface area contributed by atoms with E-state index in [1.165, 1.54) is 18.2 Å². The van der Waals surface area contributed by atoms with E-state index in [9.17, 15) is 25.5 Å². The fourth-order valence-corrected chi connectivity index (χ4v) is 4.71. The third kappa shape index (κ3) is 5.31. The van der Waals surface area contributed by atoms with Gasteiger partial charge in [0.05, 0.1) is 0 Å². The number of hydrogen-bond donors (Lipinski definition) is 5. The topological polar surface area (TPSA) is 101 Å². The van der Waals surface area contributed by atoms with E-state index in [0.29, 0.717) is 36.0 Å². The summed E-state index contributed by atoms with van der Waals surface area (Å²) in [5.74, 6) is 0.219. The van der Waals surface area contributed by atoms with Gasteiger partial charge in [0.2, 0.25) is 0 Å². The van der Waals surface area contributed by atoms with Gasteiger partial charge in [0.15, 0.2) is 0 Å². The van der Waals surface area contributed by atoms with Crippen LogP contribution in [0, 0.1) is 13.8 Å². The largest absolute Gasteiger partial charge is 0.508 e. The number of aryl methyl sites for hydroxylation is 2. The van der Waals surface area contributed by atoms with Crippen LogP contribution in [-0.4, -0.2) is 25.5 Å². The molecule has 0 bridgehead atoms. The number of hydrogen-bond acceptors (Lipinski definition) is 5. The van der Waals surface area contributed by atoms with E-state index in [2.05, 4.69) is 18.7 Å². The molecular weight excluding hydrogens is 452 g/mol. The number of phenolic OH excluding ortho intramolecular Hbond substituents is 5. The lowest BCUT2D eigenvalue weighted by Crippen LogP contribution is -2.00. The zero-order valence-electron chi connectivity index (χ0n) is 20.4. The Balaban J connectivity index is 1.67. The molecule has 0 fully saturated rings. The average Bonchev–Trinajstić information content (AvgIpc) is 2.80. The van der Waals surface area contributed by atoms with Gasteiger partial charge in [-0.05, 0) is 82.5 Å². The summed E-state index contributed by atoms with van der Waals surface area (Å²) in [5.41, 5.74) is 7.96. The van der Waals surface area contributed by atoms with Crippen LogP contribution in [0.3, 0.4) is 0 Å². The van der Waals surface area contributed by atoms with Crippen LogP contribution >= 0.6 is 0 Å². The SMILES string of the molecule is C=Cc1c(C)cc(Cc2cc(C)c(O)c(Cc3ccc(O)cc3O)c2)cc1Cc1ccc(O)cc1O. The molecule has 5 nitrogen and oxygen atoms in total. The highest BCUT2D eigenvalue weighted by atomic mass is 16.3. The van der Waals surface area contributed by atoms with Crippen LogP contribution in [0.15, 0.2) is 67.2 Å². The normalized spacial score (nSPS) is 10.9. The monoisotopic (exact) mass is 482 g/mol. The Morgan fingerprint density at radius 1 is 0.583 bits per heavy atom. The molecule has 0 unspecified atom stereocenters. The molecule has 0 heterocycles. The van der Waals surface area contributed by atoms with Gasteiger partial charge in [-0.3, -0.25) is 0 Å². The Hall–Kier alpha value is -4.38. The van der Waals surface area contributed by atoms with Crippen molar-refractivity contribution in [3.05, 3.63) is 117 Å². The lowest BCUT2D eigenvalue weighted by atomic mass is 9.90. The van der Waals surface area contributed by atoms with Crippen LogP contribution in [0.25, 0.3) is 6.08 Å². The standard InChI is InChI=1S/C31H30O5/c1-4-28-18(2)9-20(12-24(28)14-22-5-7-26(32)16-29(22)34)11-21-10-19(3)31(36)25(13-21)15-23-6-8-27(33)17-30(23)35/h4-10,12-13,16-17,32-36H,1,11,14-15H2,2-3H3. The molecule has 36 heavy (non-hydrogen) atoms. The molecule has 4 rings (SSSR count). The summed E-state index contributed by atoms with van der Waals surface area (Å²) >= 11 is 0. The first kappa shape index (κ1) is 24.7. The summed E-state index contributed by atoms with van der Waals surface area (Å²) < 4.78 is 0. The smallest absolute Gasteiger partial charge is 0.122 e. The Kier molecular flexibility index (Phi) is 6.93. The van der Waals surface area contributed by atoms with Gasteiger partial charge in [0.25, 0.3) is 0 Å². The second-order valence-electron chi connectivity index (χ2n) is 9.27. The number of benzene rings is 4. The molecule has 0 saturated carbocycles. The zero-order valence-corrected chi connectivity index (χ0v) is 20.4. The second-order valence-corrected chi connectivity index (χ2v) is 9.27. The Morgan fingerprint density at radius 2 is 1.08 bits per heavy atom. The number of rotatable bonds is 7. The van der Waals surface area contributed by atoms with Crippen molar-refractivity contribution in [2.75, 3.05) is 0 Å². The first-order valence-electron chi connectivity index (χ1n) is 11.7. The van der Waals surface area contributed by atoms with Gasteiger partial charge in [0, 0.05) is 25.0 Å². The van der Waals surface area contributed by atoms with Crippen molar-refractivity contribution >= 4 is 6.08 Å². The highest BCUT2D eigenvalue weighted by molar-refractivity contribution is 5.60. The third-order valence-corrected chi connectivity index (χ3v) is 6.48. The van der Waals surface area contributed by atoms with Crippen LogP contribution in [0.2, 0.25) is 0 Å². The van der Waals surface area contributed by atoms with Crippen LogP contribution in [0.5, 0.6) is 28.7 Å². The van der Waals surface area contributed by atoms with Crippen LogP contribution in [0.4, 0.5) is 0 Å². The maximum Gasteiger partial charge on any atom is 0.122 e. The average molecular weight is 483 g/mol.